The number of methoxy groups -OCH3 is 1. The highest BCUT2D eigenvalue weighted by molar-refractivity contribution is 5.97. The predicted molar refractivity (Wildman–Crippen MR) is 96.8 cm³/mol. The Hall–Kier alpha value is -3.95. The lowest BCUT2D eigenvalue weighted by Crippen LogP contribution is -2.41. The number of amides is 3. The monoisotopic (exact) mass is 387 g/mol. The van der Waals surface area contributed by atoms with E-state index in [4.69, 9.17) is 4.74 Å². The molecule has 0 spiro atoms. The molecule has 2 aromatic carbocycles. The van der Waals surface area contributed by atoms with Gasteiger partial charge in [0.1, 0.15) is 0 Å². The second-order valence-corrected chi connectivity index (χ2v) is 5.41. The van der Waals surface area contributed by atoms with E-state index in [-0.39, 0.29) is 11.3 Å². The van der Waals surface area contributed by atoms with Crippen molar-refractivity contribution in [2.24, 2.45) is 0 Å². The van der Waals surface area contributed by atoms with Gasteiger partial charge < -0.3 is 14.8 Å². The number of carbonyl (C=O) groups is 3. The van der Waals surface area contributed by atoms with Crippen molar-refractivity contribution < 1.29 is 28.8 Å². The summed E-state index contributed by atoms with van der Waals surface area (Å²) >= 11 is 0. The Morgan fingerprint density at radius 3 is 2.36 bits per heavy atom. The lowest BCUT2D eigenvalue weighted by atomic mass is 10.1. The van der Waals surface area contributed by atoms with Crippen LogP contribution in [0.25, 0.3) is 0 Å². The molecule has 10 nitrogen and oxygen atoms in total. The summed E-state index contributed by atoms with van der Waals surface area (Å²) in [5.74, 6) is -1.83. The summed E-state index contributed by atoms with van der Waals surface area (Å²) in [7, 11) is 2.48. The lowest BCUT2D eigenvalue weighted by molar-refractivity contribution is -0.386. The minimum absolute atomic E-state index is 0.0485. The van der Waals surface area contributed by atoms with Gasteiger partial charge >= 0.3 is 17.7 Å². The maximum atomic E-state index is 12.5. The SMILES string of the molecule is CNC(=O)NC(=O)[C@@H](Oc1ccc(C(=O)OC)cc1[N+](=O)[O-])c1ccccc1. The number of benzene rings is 2. The van der Waals surface area contributed by atoms with E-state index in [1.54, 1.807) is 30.3 Å². The molecule has 2 rings (SSSR count). The number of nitrogens with one attached hydrogen (secondary N) is 2. The fourth-order valence-electron chi connectivity index (χ4n) is 2.27. The average Bonchev–Trinajstić information content (AvgIpc) is 2.71. The van der Waals surface area contributed by atoms with Crippen LogP contribution in [-0.4, -0.2) is 37.0 Å². The van der Waals surface area contributed by atoms with Gasteiger partial charge in [-0.25, -0.2) is 9.59 Å². The normalized spacial score (nSPS) is 11.1. The van der Waals surface area contributed by atoms with Crippen LogP contribution in [0.1, 0.15) is 22.0 Å². The first-order valence-electron chi connectivity index (χ1n) is 7.98. The zero-order chi connectivity index (χ0) is 20.7. The highest BCUT2D eigenvalue weighted by atomic mass is 16.6. The largest absolute Gasteiger partial charge is 0.469 e. The smallest absolute Gasteiger partial charge is 0.338 e. The summed E-state index contributed by atoms with van der Waals surface area (Å²) in [5.41, 5.74) is -0.209. The molecule has 146 valence electrons. The molecule has 28 heavy (non-hydrogen) atoms. The number of imide groups is 1. The van der Waals surface area contributed by atoms with Crippen molar-refractivity contribution in [3.8, 4) is 5.75 Å². The minimum Gasteiger partial charge on any atom is -0.469 e. The van der Waals surface area contributed by atoms with Crippen molar-refractivity contribution >= 4 is 23.6 Å². The number of ether oxygens (including phenoxy) is 2. The standard InChI is InChI=1S/C18H17N3O7/c1-19-18(24)20-16(22)15(11-6-4-3-5-7-11)28-14-9-8-12(17(23)27-2)10-13(14)21(25)26/h3-10,15H,1-2H3,(H2,19,20,22,24)/t15-/m0/s1. The van der Waals surface area contributed by atoms with Gasteiger partial charge in [-0.3, -0.25) is 20.2 Å². The molecule has 10 heteroatoms. The summed E-state index contributed by atoms with van der Waals surface area (Å²) in [6.07, 6.45) is -1.35. The number of nitro benzene ring substituents is 1. The molecule has 0 saturated heterocycles. The van der Waals surface area contributed by atoms with Crippen LogP contribution in [0, 0.1) is 10.1 Å². The van der Waals surface area contributed by atoms with E-state index in [1.165, 1.54) is 19.2 Å². The molecule has 0 bridgehead atoms. The van der Waals surface area contributed by atoms with Crippen LogP contribution >= 0.6 is 0 Å². The van der Waals surface area contributed by atoms with Gasteiger partial charge in [0.25, 0.3) is 5.91 Å². The molecular formula is C18H17N3O7. The van der Waals surface area contributed by atoms with E-state index in [2.05, 4.69) is 15.4 Å². The molecule has 0 radical (unpaired) electrons. The van der Waals surface area contributed by atoms with Crippen LogP contribution < -0.4 is 15.4 Å². The number of carbonyl (C=O) groups excluding carboxylic acids is 3. The third kappa shape index (κ3) is 4.81. The first-order valence-corrected chi connectivity index (χ1v) is 7.98. The Kier molecular flexibility index (Phi) is 6.63. The molecule has 1 atom stereocenters. The Bertz CT molecular complexity index is 899. The van der Waals surface area contributed by atoms with E-state index < -0.39 is 34.6 Å². The molecular weight excluding hydrogens is 370 g/mol. The molecule has 0 aliphatic heterocycles. The molecule has 3 amide bonds. The van der Waals surface area contributed by atoms with Gasteiger partial charge in [0.05, 0.1) is 17.6 Å². The predicted octanol–water partition coefficient (Wildman–Crippen LogP) is 1.96. The molecule has 0 fully saturated rings. The quantitative estimate of drug-likeness (QED) is 0.439. The van der Waals surface area contributed by atoms with Gasteiger partial charge in [-0.2, -0.15) is 0 Å². The fraction of sp³-hybridized carbons (Fsp3) is 0.167. The van der Waals surface area contributed by atoms with E-state index in [0.29, 0.717) is 5.56 Å². The van der Waals surface area contributed by atoms with Crippen LogP contribution in [0.2, 0.25) is 0 Å². The Balaban J connectivity index is 2.43. The average molecular weight is 387 g/mol. The van der Waals surface area contributed by atoms with Crippen LogP contribution in [0.3, 0.4) is 0 Å². The number of nitrogens with zero attached hydrogens (tertiary/aromatic N) is 1. The van der Waals surface area contributed by atoms with Crippen molar-refractivity contribution in [1.29, 1.82) is 0 Å². The van der Waals surface area contributed by atoms with Crippen molar-refractivity contribution in [2.75, 3.05) is 14.2 Å². The lowest BCUT2D eigenvalue weighted by Gasteiger charge is -2.18. The maximum absolute atomic E-state index is 12.5. The summed E-state index contributed by atoms with van der Waals surface area (Å²) in [6, 6.07) is 10.8. The molecule has 0 aliphatic rings. The first-order chi connectivity index (χ1) is 13.4. The van der Waals surface area contributed by atoms with Gasteiger partial charge in [0, 0.05) is 18.7 Å². The fourth-order valence-corrected chi connectivity index (χ4v) is 2.27. The van der Waals surface area contributed by atoms with Crippen molar-refractivity contribution in [2.45, 2.75) is 6.10 Å². The second kappa shape index (κ2) is 9.12. The summed E-state index contributed by atoms with van der Waals surface area (Å²) in [5, 5.41) is 15.7. The Morgan fingerprint density at radius 1 is 1.11 bits per heavy atom. The third-order valence-electron chi connectivity index (χ3n) is 3.63. The van der Waals surface area contributed by atoms with E-state index >= 15 is 0 Å². The Morgan fingerprint density at radius 2 is 1.79 bits per heavy atom. The number of hydrogen-bond acceptors (Lipinski definition) is 7. The summed E-state index contributed by atoms with van der Waals surface area (Å²) in [6.45, 7) is 0. The molecule has 0 heterocycles. The zero-order valence-electron chi connectivity index (χ0n) is 15.0. The van der Waals surface area contributed by atoms with E-state index in [0.717, 1.165) is 13.2 Å². The second-order valence-electron chi connectivity index (χ2n) is 5.41. The number of urea groups is 1. The first kappa shape index (κ1) is 20.4. The molecule has 2 N–H and O–H groups in total. The van der Waals surface area contributed by atoms with E-state index in [1.807, 2.05) is 0 Å². The topological polar surface area (TPSA) is 137 Å². The van der Waals surface area contributed by atoms with Crippen molar-refractivity contribution in [3.05, 3.63) is 69.8 Å². The number of hydrogen-bond donors (Lipinski definition) is 2. The Labute approximate surface area is 159 Å². The van der Waals surface area contributed by atoms with Gasteiger partial charge in [-0.05, 0) is 12.1 Å². The maximum Gasteiger partial charge on any atom is 0.338 e. The van der Waals surface area contributed by atoms with Gasteiger partial charge in [-0.15, -0.1) is 0 Å². The molecule has 0 aliphatic carbocycles. The van der Waals surface area contributed by atoms with Gasteiger partial charge in [0.15, 0.2) is 5.75 Å². The van der Waals surface area contributed by atoms with Crippen LogP contribution in [0.4, 0.5) is 10.5 Å². The highest BCUT2D eigenvalue weighted by Gasteiger charge is 2.28. The highest BCUT2D eigenvalue weighted by Crippen LogP contribution is 2.32. The van der Waals surface area contributed by atoms with Crippen molar-refractivity contribution in [3.63, 3.8) is 0 Å². The number of rotatable bonds is 6. The molecule has 0 saturated carbocycles. The van der Waals surface area contributed by atoms with Crippen LogP contribution in [0.15, 0.2) is 48.5 Å². The molecule has 0 aromatic heterocycles. The number of esters is 1. The van der Waals surface area contributed by atoms with E-state index in [9.17, 15) is 24.5 Å². The van der Waals surface area contributed by atoms with Crippen molar-refractivity contribution in [1.82, 2.24) is 10.6 Å². The van der Waals surface area contributed by atoms with Gasteiger partial charge in [-0.1, -0.05) is 30.3 Å². The van der Waals surface area contributed by atoms with Crippen LogP contribution in [-0.2, 0) is 9.53 Å². The zero-order valence-corrected chi connectivity index (χ0v) is 15.0. The minimum atomic E-state index is -1.35. The summed E-state index contributed by atoms with van der Waals surface area (Å²) in [4.78, 5) is 46.2. The number of nitro groups is 1. The summed E-state index contributed by atoms with van der Waals surface area (Å²) < 4.78 is 10.1. The van der Waals surface area contributed by atoms with Crippen LogP contribution in [0.5, 0.6) is 5.75 Å². The van der Waals surface area contributed by atoms with Gasteiger partial charge in [0.2, 0.25) is 6.10 Å². The molecule has 2 aromatic rings. The third-order valence-corrected chi connectivity index (χ3v) is 3.63. The molecule has 0 unspecified atom stereocenters.